The second kappa shape index (κ2) is 15.8. The van der Waals surface area contributed by atoms with Crippen molar-refractivity contribution in [3.8, 4) is 0 Å². The molecule has 0 bridgehead atoms. The lowest BCUT2D eigenvalue weighted by molar-refractivity contribution is -0.952. The van der Waals surface area contributed by atoms with E-state index in [9.17, 15) is 65.5 Å². The first-order chi connectivity index (χ1) is 21.3. The highest BCUT2D eigenvalue weighted by atomic mass is 32.3. The minimum Gasteiger partial charge on any atom is -0.462 e. The molecule has 0 fully saturated rings. The molecule has 47 heavy (non-hydrogen) atoms. The summed E-state index contributed by atoms with van der Waals surface area (Å²) in [7, 11) is -15.2. The Bertz CT molecular complexity index is 1450. The van der Waals surface area contributed by atoms with Gasteiger partial charge in [0.2, 0.25) is 0 Å². The molecule has 0 unspecified atom stereocenters. The van der Waals surface area contributed by atoms with Gasteiger partial charge in [-0.15, -0.1) is 0 Å². The van der Waals surface area contributed by atoms with Crippen molar-refractivity contribution < 1.29 is 74.8 Å². The van der Waals surface area contributed by atoms with E-state index >= 15 is 0 Å². The average Bonchev–Trinajstić information content (AvgIpc) is 2.94. The number of carbonyl (C=O) groups excluding carboxylic acids is 1. The lowest BCUT2D eigenvalue weighted by atomic mass is 10.1. The van der Waals surface area contributed by atoms with Crippen molar-refractivity contribution >= 4 is 26.0 Å². The maximum atomic E-state index is 12.3. The largest absolute Gasteiger partial charge is 0.467 e. The van der Waals surface area contributed by atoms with Crippen LogP contribution in [0.5, 0.6) is 0 Å². The van der Waals surface area contributed by atoms with Gasteiger partial charge in [0.15, 0.2) is 20.0 Å². The molecule has 0 N–H and O–H groups in total. The molecule has 2 rings (SSSR count). The SMILES string of the molecule is C=C(C)C(=O)OCCC[N+](CC)(Cc1ccccc1)Cc1ccccc1.O=S(=O)([N-]S(=O)(=O)C(F)(F)C(F)(F)F)C(F)(F)C(F)(F)F. The summed E-state index contributed by atoms with van der Waals surface area (Å²) >= 11 is 0. The fourth-order valence-corrected chi connectivity index (χ4v) is 6.11. The molecule has 2 aromatic carbocycles. The highest BCUT2D eigenvalue weighted by molar-refractivity contribution is 8.13. The number of benzene rings is 2. The second-order valence-electron chi connectivity index (χ2n) is 9.99. The Morgan fingerprint density at radius 3 is 1.40 bits per heavy atom. The molecule has 0 atom stereocenters. The van der Waals surface area contributed by atoms with Crippen LogP contribution < -0.4 is 0 Å². The van der Waals surface area contributed by atoms with Crippen molar-refractivity contribution in [1.82, 2.24) is 0 Å². The molecule has 0 amide bonds. The Balaban J connectivity index is 0.000000483. The molecule has 2 aromatic rings. The quantitative estimate of drug-likeness (QED) is 0.0677. The maximum absolute atomic E-state index is 12.3. The molecule has 0 aromatic heterocycles. The minimum absolute atomic E-state index is 0.300. The zero-order chi connectivity index (χ0) is 36.5. The first kappa shape index (κ1) is 41.8. The van der Waals surface area contributed by atoms with E-state index in [1.807, 2.05) is 0 Å². The van der Waals surface area contributed by atoms with Crippen molar-refractivity contribution in [2.75, 3.05) is 19.7 Å². The van der Waals surface area contributed by atoms with Crippen molar-refractivity contribution in [1.29, 1.82) is 0 Å². The van der Waals surface area contributed by atoms with Crippen LogP contribution in [0.1, 0.15) is 31.4 Å². The van der Waals surface area contributed by atoms with Crippen LogP contribution in [0, 0.1) is 0 Å². The van der Waals surface area contributed by atoms with Crippen LogP contribution in [-0.2, 0) is 42.7 Å². The summed E-state index contributed by atoms with van der Waals surface area (Å²) in [5.74, 6) is -0.300. The van der Waals surface area contributed by atoms with E-state index in [4.69, 9.17) is 4.74 Å². The third-order valence-electron chi connectivity index (χ3n) is 6.26. The van der Waals surface area contributed by atoms with Crippen molar-refractivity contribution in [3.05, 3.63) is 88.1 Å². The van der Waals surface area contributed by atoms with Crippen LogP contribution in [0.3, 0.4) is 0 Å². The Labute approximate surface area is 264 Å². The van der Waals surface area contributed by atoms with Gasteiger partial charge in [-0.2, -0.15) is 43.9 Å². The summed E-state index contributed by atoms with van der Waals surface area (Å²) in [5, 5.41) is -14.0. The number of hydrogen-bond acceptors (Lipinski definition) is 6. The topological polar surface area (TPSA) is 109 Å². The molecule has 0 heterocycles. The van der Waals surface area contributed by atoms with Crippen LogP contribution in [0.25, 0.3) is 4.13 Å². The Kier molecular flexibility index (Phi) is 14.0. The van der Waals surface area contributed by atoms with Gasteiger partial charge in [0, 0.05) is 23.1 Å². The van der Waals surface area contributed by atoms with Crippen LogP contribution in [0.4, 0.5) is 43.9 Å². The Morgan fingerprint density at radius 1 is 0.745 bits per heavy atom. The average molecular weight is 733 g/mol. The zero-order valence-corrected chi connectivity index (χ0v) is 26.3. The number of halogens is 10. The number of ether oxygens (including phenoxy) is 1. The number of quaternary nitrogens is 1. The van der Waals surface area contributed by atoms with E-state index in [0.717, 1.165) is 37.1 Å². The van der Waals surface area contributed by atoms with Gasteiger partial charge < -0.3 is 13.3 Å². The summed E-state index contributed by atoms with van der Waals surface area (Å²) in [5.41, 5.74) is 3.13. The standard InChI is InChI=1S/C23H30NO2.C4F10NO4S2/c1-4-24(18-21-12-7-5-8-13-21,19-22-14-9-6-10-15-22)16-11-17-26-23(25)20(2)3;5-1(6,7)3(11,12)20(16,17)15-21(18,19)4(13,14)2(8,9)10/h5-10,12-15H,2,4,11,16-19H2,1,3H3;/q+1;-1. The van der Waals surface area contributed by atoms with Gasteiger partial charge in [0.25, 0.3) is 0 Å². The lowest BCUT2D eigenvalue weighted by Crippen LogP contribution is -2.48. The van der Waals surface area contributed by atoms with Crippen LogP contribution in [0.2, 0.25) is 0 Å². The normalized spacial score (nSPS) is 13.4. The molecule has 266 valence electrons. The van der Waals surface area contributed by atoms with Gasteiger partial charge in [-0.3, -0.25) is 0 Å². The first-order valence-corrected chi connectivity index (χ1v) is 16.0. The van der Waals surface area contributed by atoms with Gasteiger partial charge in [0.05, 0.1) is 19.7 Å². The highest BCUT2D eigenvalue weighted by Gasteiger charge is 2.68. The van der Waals surface area contributed by atoms with Gasteiger partial charge in [0.1, 0.15) is 13.1 Å². The third-order valence-corrected chi connectivity index (χ3v) is 9.58. The van der Waals surface area contributed by atoms with E-state index in [1.54, 1.807) is 6.92 Å². The molecular weight excluding hydrogens is 702 g/mol. The van der Waals surface area contributed by atoms with E-state index in [-0.39, 0.29) is 5.97 Å². The van der Waals surface area contributed by atoms with Gasteiger partial charge in [-0.05, 0) is 13.8 Å². The van der Waals surface area contributed by atoms with E-state index < -0.39 is 42.9 Å². The lowest BCUT2D eigenvalue weighted by Gasteiger charge is -2.38. The predicted molar refractivity (Wildman–Crippen MR) is 150 cm³/mol. The number of carbonyl (C=O) groups is 1. The number of esters is 1. The highest BCUT2D eigenvalue weighted by Crippen LogP contribution is 2.47. The van der Waals surface area contributed by atoms with Crippen molar-refractivity contribution in [2.24, 2.45) is 0 Å². The summed E-state index contributed by atoms with van der Waals surface area (Å²) in [6.07, 6.45) is -13.2. The molecule has 0 aliphatic heterocycles. The molecule has 20 heteroatoms. The molecule has 0 saturated carbocycles. The monoisotopic (exact) mass is 732 g/mol. The minimum atomic E-state index is -7.62. The Hall–Kier alpha value is -3.23. The second-order valence-corrected chi connectivity index (χ2v) is 13.5. The van der Waals surface area contributed by atoms with Gasteiger partial charge in [-0.1, -0.05) is 67.2 Å². The molecule has 0 spiro atoms. The first-order valence-electron chi connectivity index (χ1n) is 13.1. The molecule has 0 aliphatic rings. The number of alkyl halides is 10. The molecule has 8 nitrogen and oxygen atoms in total. The fourth-order valence-electron chi connectivity index (χ4n) is 3.74. The van der Waals surface area contributed by atoms with Crippen LogP contribution >= 0.6 is 0 Å². The fraction of sp³-hybridized carbons (Fsp3) is 0.444. The summed E-state index contributed by atoms with van der Waals surface area (Å²) in [6.45, 7) is 11.9. The number of nitrogens with zero attached hydrogens (tertiary/aromatic N) is 2. The molecular formula is C27H30F10N2O6S2. The summed E-state index contributed by atoms with van der Waals surface area (Å²) in [6, 6.07) is 21.2. The molecule has 0 saturated heterocycles. The third kappa shape index (κ3) is 11.2. The van der Waals surface area contributed by atoms with Gasteiger partial charge in [-0.25, -0.2) is 21.6 Å². The van der Waals surface area contributed by atoms with E-state index in [2.05, 4.69) is 74.2 Å². The zero-order valence-electron chi connectivity index (χ0n) is 24.7. The van der Waals surface area contributed by atoms with Crippen molar-refractivity contribution in [3.63, 3.8) is 0 Å². The van der Waals surface area contributed by atoms with Crippen LogP contribution in [0.15, 0.2) is 72.8 Å². The molecule has 0 radical (unpaired) electrons. The summed E-state index contributed by atoms with van der Waals surface area (Å²) < 4.78 is 167. The van der Waals surface area contributed by atoms with E-state index in [1.165, 1.54) is 11.1 Å². The predicted octanol–water partition coefficient (Wildman–Crippen LogP) is 7.06. The molecule has 0 aliphatic carbocycles. The van der Waals surface area contributed by atoms with Crippen LogP contribution in [-0.4, -0.2) is 69.8 Å². The summed E-state index contributed by atoms with van der Waals surface area (Å²) in [4.78, 5) is 11.6. The number of sulfonamides is 2. The number of rotatable bonds is 14. The van der Waals surface area contributed by atoms with Crippen molar-refractivity contribution in [2.45, 2.75) is 56.2 Å². The smallest absolute Gasteiger partial charge is 0.462 e. The van der Waals surface area contributed by atoms with Gasteiger partial charge >= 0.3 is 28.8 Å². The number of hydrogen-bond donors (Lipinski definition) is 0. The Morgan fingerprint density at radius 2 is 1.11 bits per heavy atom. The van der Waals surface area contributed by atoms with E-state index in [0.29, 0.717) is 16.3 Å². The maximum Gasteiger partial charge on any atom is 0.467 e.